The molecule has 0 radical (unpaired) electrons. The third-order valence-electron chi connectivity index (χ3n) is 5.55. The summed E-state index contributed by atoms with van der Waals surface area (Å²) in [6, 6.07) is 11.1. The summed E-state index contributed by atoms with van der Waals surface area (Å²) >= 11 is 0. The third-order valence-corrected chi connectivity index (χ3v) is 7.70. The van der Waals surface area contributed by atoms with Gasteiger partial charge in [-0.1, -0.05) is 35.9 Å². The van der Waals surface area contributed by atoms with E-state index in [4.69, 9.17) is 4.74 Å². The van der Waals surface area contributed by atoms with E-state index in [2.05, 4.69) is 0 Å². The smallest absolute Gasteiger partial charge is 0.339 e. The monoisotopic (exact) mass is 385 g/mol. The van der Waals surface area contributed by atoms with Crippen LogP contribution in [0.1, 0.15) is 45.5 Å². The van der Waals surface area contributed by atoms with Crippen molar-refractivity contribution in [3.05, 3.63) is 64.2 Å². The number of fused-ring (bicyclic) bond motifs is 2. The second-order valence-electron chi connectivity index (χ2n) is 7.60. The molecular formula is C21H23NO4S. The summed E-state index contributed by atoms with van der Waals surface area (Å²) in [7, 11) is -3.68. The minimum absolute atomic E-state index is 0.158. The zero-order chi connectivity index (χ0) is 19.4. The Morgan fingerprint density at radius 3 is 2.44 bits per heavy atom. The molecule has 5 nitrogen and oxygen atoms in total. The maximum absolute atomic E-state index is 13.5. The van der Waals surface area contributed by atoms with Gasteiger partial charge in [-0.25, -0.2) is 13.2 Å². The highest BCUT2D eigenvalue weighted by atomic mass is 32.2. The van der Waals surface area contributed by atoms with Crippen molar-refractivity contribution in [2.24, 2.45) is 0 Å². The van der Waals surface area contributed by atoms with Gasteiger partial charge < -0.3 is 4.74 Å². The number of piperidine rings is 1. The van der Waals surface area contributed by atoms with Crippen LogP contribution in [0.25, 0.3) is 0 Å². The number of carbonyl (C=O) groups is 1. The van der Waals surface area contributed by atoms with Crippen molar-refractivity contribution in [1.82, 2.24) is 4.31 Å². The van der Waals surface area contributed by atoms with Crippen molar-refractivity contribution >= 4 is 16.0 Å². The number of aryl methyl sites for hydroxylation is 3. The summed E-state index contributed by atoms with van der Waals surface area (Å²) in [6.07, 6.45) is 1.28. The van der Waals surface area contributed by atoms with Gasteiger partial charge in [0.1, 0.15) is 0 Å². The first-order valence-electron chi connectivity index (χ1n) is 9.15. The molecular weight excluding hydrogens is 362 g/mol. The Morgan fingerprint density at radius 2 is 1.74 bits per heavy atom. The van der Waals surface area contributed by atoms with Gasteiger partial charge in [0.05, 0.1) is 17.0 Å². The van der Waals surface area contributed by atoms with Gasteiger partial charge in [-0.15, -0.1) is 0 Å². The molecule has 0 saturated carbocycles. The molecule has 0 N–H and O–H groups in total. The molecule has 4 rings (SSSR count). The van der Waals surface area contributed by atoms with Crippen LogP contribution in [0.3, 0.4) is 0 Å². The lowest BCUT2D eigenvalue weighted by molar-refractivity contribution is -0.0345. The summed E-state index contributed by atoms with van der Waals surface area (Å²) in [5, 5.41) is 0. The van der Waals surface area contributed by atoms with Crippen LogP contribution in [0.5, 0.6) is 0 Å². The molecule has 1 spiro atoms. The lowest BCUT2D eigenvalue weighted by Gasteiger charge is -2.39. The van der Waals surface area contributed by atoms with E-state index in [-0.39, 0.29) is 12.5 Å². The summed E-state index contributed by atoms with van der Waals surface area (Å²) in [4.78, 5) is 12.7. The van der Waals surface area contributed by atoms with E-state index >= 15 is 0 Å². The van der Waals surface area contributed by atoms with E-state index in [9.17, 15) is 13.2 Å². The number of sulfonamides is 1. The molecule has 0 aliphatic carbocycles. The molecule has 2 aromatic rings. The summed E-state index contributed by atoms with van der Waals surface area (Å²) in [5.74, 6) is -0.368. The molecule has 6 heteroatoms. The molecule has 2 aliphatic heterocycles. The number of rotatable bonds is 2. The number of hydrogen-bond acceptors (Lipinski definition) is 4. The predicted molar refractivity (Wildman–Crippen MR) is 102 cm³/mol. The van der Waals surface area contributed by atoms with Gasteiger partial charge in [-0.3, -0.25) is 0 Å². The lowest BCUT2D eigenvalue weighted by atomic mass is 9.86. The van der Waals surface area contributed by atoms with Gasteiger partial charge in [-0.2, -0.15) is 4.31 Å². The first-order valence-corrected chi connectivity index (χ1v) is 10.6. The molecule has 1 fully saturated rings. The lowest BCUT2D eigenvalue weighted by Crippen LogP contribution is -2.48. The summed E-state index contributed by atoms with van der Waals surface area (Å²) in [6.45, 7) is 6.21. The molecule has 0 bridgehead atoms. The average Bonchev–Trinajstić information content (AvgIpc) is 2.86. The minimum Gasteiger partial charge on any atom is -0.449 e. The Labute approximate surface area is 160 Å². The number of carbonyl (C=O) groups excluding carboxylic acids is 1. The van der Waals surface area contributed by atoms with Gasteiger partial charge in [0.2, 0.25) is 10.0 Å². The second kappa shape index (κ2) is 6.17. The van der Waals surface area contributed by atoms with E-state index in [0.717, 1.165) is 22.3 Å². The van der Waals surface area contributed by atoms with Crippen molar-refractivity contribution in [1.29, 1.82) is 0 Å². The van der Waals surface area contributed by atoms with E-state index in [0.29, 0.717) is 29.8 Å². The quantitative estimate of drug-likeness (QED) is 0.743. The Morgan fingerprint density at radius 1 is 1.07 bits per heavy atom. The Balaban J connectivity index is 1.76. The van der Waals surface area contributed by atoms with E-state index < -0.39 is 15.6 Å². The van der Waals surface area contributed by atoms with Gasteiger partial charge >= 0.3 is 5.97 Å². The van der Waals surface area contributed by atoms with Crippen molar-refractivity contribution in [3.63, 3.8) is 0 Å². The molecule has 2 aliphatic rings. The maximum atomic E-state index is 13.5. The van der Waals surface area contributed by atoms with Crippen LogP contribution in [-0.4, -0.2) is 31.8 Å². The normalized spacial score (nSPS) is 22.7. The largest absolute Gasteiger partial charge is 0.449 e. The first kappa shape index (κ1) is 18.2. The fourth-order valence-electron chi connectivity index (χ4n) is 4.54. The van der Waals surface area contributed by atoms with Gasteiger partial charge in [0, 0.05) is 12.1 Å². The fourth-order valence-corrected chi connectivity index (χ4v) is 6.48. The van der Waals surface area contributed by atoms with Crippen LogP contribution < -0.4 is 0 Å². The highest BCUT2D eigenvalue weighted by Gasteiger charge is 2.50. The number of ether oxygens (including phenoxy) is 1. The number of nitrogens with zero attached hydrogens (tertiary/aromatic N) is 1. The highest BCUT2D eigenvalue weighted by Crippen LogP contribution is 2.44. The summed E-state index contributed by atoms with van der Waals surface area (Å²) < 4.78 is 34.2. The molecule has 1 unspecified atom stereocenters. The first-order chi connectivity index (χ1) is 12.7. The highest BCUT2D eigenvalue weighted by molar-refractivity contribution is 7.89. The molecule has 1 atom stereocenters. The zero-order valence-corrected chi connectivity index (χ0v) is 16.6. The Kier molecular flexibility index (Phi) is 4.16. The number of esters is 1. The zero-order valence-electron chi connectivity index (χ0n) is 15.8. The van der Waals surface area contributed by atoms with Crippen molar-refractivity contribution < 1.29 is 17.9 Å². The summed E-state index contributed by atoms with van der Waals surface area (Å²) in [5.41, 5.74) is 2.99. The molecule has 2 aromatic carbocycles. The van der Waals surface area contributed by atoms with Crippen LogP contribution in [0.15, 0.2) is 41.3 Å². The fraction of sp³-hybridized carbons (Fsp3) is 0.381. The average molecular weight is 385 g/mol. The van der Waals surface area contributed by atoms with Crippen molar-refractivity contribution in [2.45, 2.75) is 44.1 Å². The predicted octanol–water partition coefficient (Wildman–Crippen LogP) is 3.46. The maximum Gasteiger partial charge on any atom is 0.339 e. The van der Waals surface area contributed by atoms with Gasteiger partial charge in [0.25, 0.3) is 0 Å². The Hall–Kier alpha value is -2.18. The molecule has 0 amide bonds. The van der Waals surface area contributed by atoms with E-state index in [1.165, 1.54) is 4.31 Å². The molecule has 1 saturated heterocycles. The van der Waals surface area contributed by atoms with Crippen molar-refractivity contribution in [2.75, 3.05) is 13.1 Å². The van der Waals surface area contributed by atoms with Crippen molar-refractivity contribution in [3.8, 4) is 0 Å². The third kappa shape index (κ3) is 2.78. The minimum atomic E-state index is -3.68. The number of benzene rings is 2. The van der Waals surface area contributed by atoms with Crippen LogP contribution in [0.2, 0.25) is 0 Å². The topological polar surface area (TPSA) is 63.7 Å². The second-order valence-corrected chi connectivity index (χ2v) is 9.47. The molecule has 142 valence electrons. The molecule has 2 heterocycles. The SMILES string of the molecule is Cc1cc(C)c(S(=O)(=O)N2CCCC3(C2)OC(=O)c2ccccc23)c(C)c1. The van der Waals surface area contributed by atoms with E-state index in [1.807, 2.05) is 45.0 Å². The standard InChI is InChI=1S/C21H23NO4S/c1-14-11-15(2)19(16(3)12-14)27(24,25)22-10-6-9-21(13-22)18-8-5-4-7-17(18)20(23)26-21/h4-5,7-8,11-12H,6,9-10,13H2,1-3H3. The Bertz CT molecular complexity index is 1020. The molecule has 0 aromatic heterocycles. The van der Waals surface area contributed by atoms with Gasteiger partial charge in [-0.05, 0) is 50.8 Å². The van der Waals surface area contributed by atoms with E-state index in [1.54, 1.807) is 12.1 Å². The van der Waals surface area contributed by atoms with Crippen LogP contribution in [0, 0.1) is 20.8 Å². The number of hydrogen-bond donors (Lipinski definition) is 0. The van der Waals surface area contributed by atoms with Crippen LogP contribution in [0.4, 0.5) is 0 Å². The van der Waals surface area contributed by atoms with Crippen LogP contribution >= 0.6 is 0 Å². The van der Waals surface area contributed by atoms with Crippen LogP contribution in [-0.2, 0) is 20.4 Å². The molecule has 27 heavy (non-hydrogen) atoms. The van der Waals surface area contributed by atoms with Gasteiger partial charge in [0.15, 0.2) is 5.60 Å².